The van der Waals surface area contributed by atoms with Crippen molar-refractivity contribution in [1.82, 2.24) is 10.2 Å². The number of nitro benzene ring substituents is 1. The Morgan fingerprint density at radius 3 is 2.95 bits per heavy atom. The van der Waals surface area contributed by atoms with Crippen LogP contribution in [0.1, 0.15) is 28.8 Å². The van der Waals surface area contributed by atoms with Gasteiger partial charge in [-0.1, -0.05) is 12.1 Å². The van der Waals surface area contributed by atoms with Gasteiger partial charge in [-0.2, -0.15) is 0 Å². The van der Waals surface area contributed by atoms with Crippen molar-refractivity contribution in [2.45, 2.75) is 25.8 Å². The summed E-state index contributed by atoms with van der Waals surface area (Å²) in [5.74, 6) is 0.258. The number of hydrogen-bond acceptors (Lipinski definition) is 4. The van der Waals surface area contributed by atoms with Crippen LogP contribution < -0.4 is 5.32 Å². The minimum atomic E-state index is -0.454. The number of nitrogens with one attached hydrogen (secondary N) is 1. The van der Waals surface area contributed by atoms with Crippen molar-refractivity contribution >= 4 is 11.6 Å². The zero-order chi connectivity index (χ0) is 15.0. The smallest absolute Gasteiger partial charge is 0.285 e. The molecule has 0 saturated carbocycles. The van der Waals surface area contributed by atoms with Crippen LogP contribution in [0.2, 0.25) is 0 Å². The molecule has 0 unspecified atom stereocenters. The third-order valence-electron chi connectivity index (χ3n) is 4.54. The molecule has 0 aliphatic carbocycles. The van der Waals surface area contributed by atoms with Gasteiger partial charge in [-0.05, 0) is 38.3 Å². The van der Waals surface area contributed by atoms with Gasteiger partial charge in [0.15, 0.2) is 0 Å². The third kappa shape index (κ3) is 2.51. The number of piperidine rings is 1. The number of hydrogen-bond donors (Lipinski definition) is 1. The number of para-hydroxylation sites is 1. The first-order valence-electron chi connectivity index (χ1n) is 7.34. The quantitative estimate of drug-likeness (QED) is 0.664. The molecule has 0 radical (unpaired) electrons. The van der Waals surface area contributed by atoms with E-state index in [1.807, 2.05) is 0 Å². The molecule has 2 fully saturated rings. The van der Waals surface area contributed by atoms with Crippen LogP contribution in [0.15, 0.2) is 18.2 Å². The maximum absolute atomic E-state index is 12.7. The van der Waals surface area contributed by atoms with Crippen LogP contribution in [-0.4, -0.2) is 41.4 Å². The number of aryl methyl sites for hydroxylation is 1. The van der Waals surface area contributed by atoms with Crippen molar-refractivity contribution < 1.29 is 9.72 Å². The second kappa shape index (κ2) is 5.44. The van der Waals surface area contributed by atoms with Gasteiger partial charge in [-0.25, -0.2) is 0 Å². The SMILES string of the molecule is Cc1cccc(C(=O)N2C[C@@H]3CCCN[C@@H]3C2)c1[N+](=O)[O-]. The highest BCUT2D eigenvalue weighted by atomic mass is 16.6. The van der Waals surface area contributed by atoms with E-state index in [1.165, 1.54) is 0 Å². The summed E-state index contributed by atoms with van der Waals surface area (Å²) in [6.45, 7) is 4.00. The summed E-state index contributed by atoms with van der Waals surface area (Å²) in [6.07, 6.45) is 2.26. The summed E-state index contributed by atoms with van der Waals surface area (Å²) < 4.78 is 0. The number of carbonyl (C=O) groups excluding carboxylic acids is 1. The topological polar surface area (TPSA) is 75.5 Å². The molecule has 0 aromatic heterocycles. The first-order valence-corrected chi connectivity index (χ1v) is 7.34. The minimum Gasteiger partial charge on any atom is -0.337 e. The van der Waals surface area contributed by atoms with E-state index >= 15 is 0 Å². The molecule has 6 heteroatoms. The lowest BCUT2D eigenvalue weighted by atomic mass is 9.94. The molecule has 1 aromatic rings. The Kier molecular flexibility index (Phi) is 3.63. The number of nitrogens with zero attached hydrogens (tertiary/aromatic N) is 2. The number of likely N-dealkylation sites (tertiary alicyclic amines) is 1. The van der Waals surface area contributed by atoms with Crippen molar-refractivity contribution in [3.63, 3.8) is 0 Å². The van der Waals surface area contributed by atoms with Crippen LogP contribution in [0.4, 0.5) is 5.69 Å². The lowest BCUT2D eigenvalue weighted by Crippen LogP contribution is -2.41. The number of carbonyl (C=O) groups is 1. The van der Waals surface area contributed by atoms with E-state index in [9.17, 15) is 14.9 Å². The van der Waals surface area contributed by atoms with Gasteiger partial charge in [0.2, 0.25) is 0 Å². The maximum atomic E-state index is 12.7. The average Bonchev–Trinajstić information content (AvgIpc) is 2.89. The number of nitro groups is 1. The fourth-order valence-corrected chi connectivity index (χ4v) is 3.46. The largest absolute Gasteiger partial charge is 0.337 e. The molecule has 2 aliphatic rings. The number of fused-ring (bicyclic) bond motifs is 1. The molecule has 2 aliphatic heterocycles. The fourth-order valence-electron chi connectivity index (χ4n) is 3.46. The Hall–Kier alpha value is -1.95. The molecule has 0 bridgehead atoms. The van der Waals surface area contributed by atoms with Crippen molar-refractivity contribution in [3.8, 4) is 0 Å². The number of benzene rings is 1. The number of amides is 1. The number of rotatable bonds is 2. The normalized spacial score (nSPS) is 24.7. The van der Waals surface area contributed by atoms with Crippen LogP contribution in [0, 0.1) is 23.0 Å². The standard InChI is InChI=1S/C15H19N3O3/c1-10-4-2-6-12(14(10)18(20)21)15(19)17-8-11-5-3-7-16-13(11)9-17/h2,4,6,11,13,16H,3,5,7-9H2,1H3/t11-,13+/m0/s1. The highest BCUT2D eigenvalue weighted by Crippen LogP contribution is 2.29. The van der Waals surface area contributed by atoms with E-state index in [-0.39, 0.29) is 17.2 Å². The fraction of sp³-hybridized carbons (Fsp3) is 0.533. The molecule has 1 N–H and O–H groups in total. The van der Waals surface area contributed by atoms with Crippen LogP contribution in [0.25, 0.3) is 0 Å². The molecule has 112 valence electrons. The van der Waals surface area contributed by atoms with Crippen LogP contribution in [-0.2, 0) is 0 Å². The summed E-state index contributed by atoms with van der Waals surface area (Å²) in [7, 11) is 0. The lowest BCUT2D eigenvalue weighted by molar-refractivity contribution is -0.385. The van der Waals surface area contributed by atoms with Crippen molar-refractivity contribution in [2.75, 3.05) is 19.6 Å². The summed E-state index contributed by atoms with van der Waals surface area (Å²) >= 11 is 0. The van der Waals surface area contributed by atoms with E-state index in [2.05, 4.69) is 5.32 Å². The van der Waals surface area contributed by atoms with Gasteiger partial charge in [0.1, 0.15) is 5.56 Å². The summed E-state index contributed by atoms with van der Waals surface area (Å²) in [6, 6.07) is 5.27. The Balaban J connectivity index is 1.86. The zero-order valence-electron chi connectivity index (χ0n) is 12.0. The van der Waals surface area contributed by atoms with Crippen molar-refractivity contribution in [1.29, 1.82) is 0 Å². The molecular formula is C15H19N3O3. The van der Waals surface area contributed by atoms with Gasteiger partial charge < -0.3 is 10.2 Å². The Morgan fingerprint density at radius 2 is 2.24 bits per heavy atom. The lowest BCUT2D eigenvalue weighted by Gasteiger charge is -2.24. The predicted molar refractivity (Wildman–Crippen MR) is 78.3 cm³/mol. The zero-order valence-corrected chi connectivity index (χ0v) is 12.0. The first kappa shape index (κ1) is 14.0. The highest BCUT2D eigenvalue weighted by molar-refractivity contribution is 5.98. The Morgan fingerprint density at radius 1 is 1.43 bits per heavy atom. The molecule has 1 aromatic carbocycles. The average molecular weight is 289 g/mol. The van der Waals surface area contributed by atoms with E-state index in [0.29, 0.717) is 30.6 Å². The van der Waals surface area contributed by atoms with Gasteiger partial charge in [-0.3, -0.25) is 14.9 Å². The molecule has 3 rings (SSSR count). The van der Waals surface area contributed by atoms with Gasteiger partial charge in [0, 0.05) is 24.7 Å². The van der Waals surface area contributed by atoms with Gasteiger partial charge in [0.25, 0.3) is 11.6 Å². The van der Waals surface area contributed by atoms with Gasteiger partial charge in [-0.15, -0.1) is 0 Å². The molecule has 2 atom stereocenters. The van der Waals surface area contributed by atoms with E-state index in [0.717, 1.165) is 19.4 Å². The minimum absolute atomic E-state index is 0.0645. The van der Waals surface area contributed by atoms with Crippen LogP contribution in [0.5, 0.6) is 0 Å². The van der Waals surface area contributed by atoms with Crippen molar-refractivity contribution in [3.05, 3.63) is 39.4 Å². The Labute approximate surface area is 123 Å². The Bertz CT molecular complexity index is 574. The summed E-state index contributed by atoms with van der Waals surface area (Å²) in [5.41, 5.74) is 0.671. The monoisotopic (exact) mass is 289 g/mol. The van der Waals surface area contributed by atoms with Crippen LogP contribution in [0.3, 0.4) is 0 Å². The van der Waals surface area contributed by atoms with Gasteiger partial charge >= 0.3 is 0 Å². The van der Waals surface area contributed by atoms with E-state index in [1.54, 1.807) is 30.0 Å². The molecule has 6 nitrogen and oxygen atoms in total. The molecule has 2 heterocycles. The molecule has 1 amide bonds. The molecular weight excluding hydrogens is 270 g/mol. The van der Waals surface area contributed by atoms with E-state index < -0.39 is 4.92 Å². The molecule has 21 heavy (non-hydrogen) atoms. The second-order valence-corrected chi connectivity index (χ2v) is 5.90. The molecule has 0 spiro atoms. The third-order valence-corrected chi connectivity index (χ3v) is 4.54. The van der Waals surface area contributed by atoms with Gasteiger partial charge in [0.05, 0.1) is 4.92 Å². The predicted octanol–water partition coefficient (Wildman–Crippen LogP) is 1.73. The highest BCUT2D eigenvalue weighted by Gasteiger charge is 2.38. The second-order valence-electron chi connectivity index (χ2n) is 5.90. The molecule has 2 saturated heterocycles. The van der Waals surface area contributed by atoms with Crippen LogP contribution >= 0.6 is 0 Å². The summed E-state index contributed by atoms with van der Waals surface area (Å²) in [5, 5.41) is 14.7. The first-order chi connectivity index (χ1) is 10.1. The summed E-state index contributed by atoms with van der Waals surface area (Å²) in [4.78, 5) is 25.2. The van der Waals surface area contributed by atoms with Crippen molar-refractivity contribution in [2.24, 2.45) is 5.92 Å². The maximum Gasteiger partial charge on any atom is 0.285 e. The van der Waals surface area contributed by atoms with E-state index in [4.69, 9.17) is 0 Å².